The van der Waals surface area contributed by atoms with Gasteiger partial charge in [-0.15, -0.1) is 11.3 Å². The number of nitrogens with two attached hydrogens (primary N) is 1. The van der Waals surface area contributed by atoms with E-state index in [1.54, 1.807) is 26.0 Å². The molecular weight excluding hydrogens is 669 g/mol. The fourth-order valence-electron chi connectivity index (χ4n) is 7.25. The zero-order valence-electron chi connectivity index (χ0n) is 26.9. The zero-order chi connectivity index (χ0) is 34.2. The SMILES string of the molecule is CN1CCC(N2CCN(C(=O)[C@@H](Cc3cc(Cl)c(N)c(C(F)(F)F)c3)NC(=O)N3CCC(N4Cc5sccc5NC4=O)CC3)CC2)CC1. The second-order valence-corrected chi connectivity index (χ2v) is 14.6. The van der Waals surface area contributed by atoms with Gasteiger partial charge in [-0.05, 0) is 75.0 Å². The molecule has 0 saturated carbocycles. The van der Waals surface area contributed by atoms with Crippen molar-refractivity contribution in [1.29, 1.82) is 0 Å². The van der Waals surface area contributed by atoms with Gasteiger partial charge in [0.15, 0.2) is 0 Å². The van der Waals surface area contributed by atoms with Gasteiger partial charge < -0.3 is 36.0 Å². The number of carbonyl (C=O) groups excluding carboxylic acids is 3. The third kappa shape index (κ3) is 7.63. The standard InChI is InChI=1S/C32H42ClF3N8O3S/c1-40-7-2-21(3-8-40)41-11-13-42(14-12-41)29(45)26(18-20-16-23(32(34,35)36)28(37)24(33)17-20)39-30(46)43-9-4-22(5-10-43)44-19-27-25(6-15-48-27)38-31(44)47/h6,15-17,21-22,26H,2-5,7-14,18-19,37H2,1H3,(H,38,47)(H,39,46)/t26-/m1/s1. The summed E-state index contributed by atoms with van der Waals surface area (Å²) in [7, 11) is 2.11. The third-order valence-electron chi connectivity index (χ3n) is 10.1. The van der Waals surface area contributed by atoms with Crippen LogP contribution in [0.5, 0.6) is 0 Å². The molecule has 3 saturated heterocycles. The third-order valence-corrected chi connectivity index (χ3v) is 11.3. The highest BCUT2D eigenvalue weighted by molar-refractivity contribution is 7.10. The van der Waals surface area contributed by atoms with Crippen LogP contribution in [-0.4, -0.2) is 120 Å². The lowest BCUT2D eigenvalue weighted by Gasteiger charge is -2.43. The molecule has 4 aliphatic rings. The molecule has 1 aromatic heterocycles. The molecule has 0 unspecified atom stereocenters. The summed E-state index contributed by atoms with van der Waals surface area (Å²) in [6.07, 6.45) is -1.68. The summed E-state index contributed by atoms with van der Waals surface area (Å²) in [6, 6.07) is 2.76. The van der Waals surface area contributed by atoms with E-state index < -0.39 is 29.5 Å². The van der Waals surface area contributed by atoms with Gasteiger partial charge in [-0.3, -0.25) is 9.69 Å². The maximum atomic E-state index is 14.0. The van der Waals surface area contributed by atoms with Crippen LogP contribution in [0.3, 0.4) is 0 Å². The van der Waals surface area contributed by atoms with Crippen molar-refractivity contribution in [3.63, 3.8) is 0 Å². The van der Waals surface area contributed by atoms with E-state index >= 15 is 0 Å². The number of urea groups is 2. The number of carbonyl (C=O) groups is 3. The molecule has 6 rings (SSSR count). The van der Waals surface area contributed by atoms with Gasteiger partial charge in [0.2, 0.25) is 5.91 Å². The smallest absolute Gasteiger partial charge is 0.397 e. The highest BCUT2D eigenvalue weighted by Crippen LogP contribution is 2.38. The van der Waals surface area contributed by atoms with Crippen LogP contribution in [0.4, 0.5) is 34.1 Å². The number of rotatable bonds is 6. The van der Waals surface area contributed by atoms with Crippen molar-refractivity contribution >= 4 is 52.3 Å². The molecule has 3 fully saturated rings. The summed E-state index contributed by atoms with van der Waals surface area (Å²) in [6.45, 7) is 5.60. The van der Waals surface area contributed by atoms with Crippen molar-refractivity contribution in [2.24, 2.45) is 0 Å². The van der Waals surface area contributed by atoms with Crippen LogP contribution < -0.4 is 16.4 Å². The van der Waals surface area contributed by atoms with Crippen molar-refractivity contribution in [1.82, 2.24) is 29.8 Å². The number of fused-ring (bicyclic) bond motifs is 1. The van der Waals surface area contributed by atoms with E-state index in [4.69, 9.17) is 17.3 Å². The highest BCUT2D eigenvalue weighted by Gasteiger charge is 2.38. The number of alkyl halides is 3. The average Bonchev–Trinajstić information content (AvgIpc) is 3.52. The summed E-state index contributed by atoms with van der Waals surface area (Å²) in [4.78, 5) is 51.3. The molecule has 262 valence electrons. The van der Waals surface area contributed by atoms with Crippen LogP contribution in [0.2, 0.25) is 5.02 Å². The Hall–Kier alpha value is -3.27. The van der Waals surface area contributed by atoms with Crippen molar-refractivity contribution < 1.29 is 27.6 Å². The summed E-state index contributed by atoms with van der Waals surface area (Å²) in [5.41, 5.74) is 4.99. The lowest BCUT2D eigenvalue weighted by molar-refractivity contribution is -0.137. The number of anilines is 2. The monoisotopic (exact) mass is 710 g/mol. The number of amides is 5. The topological polar surface area (TPSA) is 117 Å². The van der Waals surface area contributed by atoms with E-state index in [9.17, 15) is 27.6 Å². The maximum absolute atomic E-state index is 14.0. The number of benzene rings is 1. The van der Waals surface area contributed by atoms with Gasteiger partial charge in [0.1, 0.15) is 6.04 Å². The molecular formula is C32H42ClF3N8O3S. The van der Waals surface area contributed by atoms with Crippen LogP contribution in [-0.2, 0) is 23.9 Å². The summed E-state index contributed by atoms with van der Waals surface area (Å²) in [5, 5.41) is 7.45. The van der Waals surface area contributed by atoms with Gasteiger partial charge in [0, 0.05) is 62.7 Å². The van der Waals surface area contributed by atoms with Gasteiger partial charge in [0.25, 0.3) is 0 Å². The number of nitrogens with zero attached hydrogens (tertiary/aromatic N) is 5. The Labute approximate surface area is 287 Å². The van der Waals surface area contributed by atoms with E-state index in [2.05, 4.69) is 27.5 Å². The normalized spacial score (nSPS) is 21.2. The molecule has 0 aliphatic carbocycles. The molecule has 1 aromatic carbocycles. The Bertz CT molecular complexity index is 1500. The molecule has 1 atom stereocenters. The molecule has 2 aromatic rings. The minimum absolute atomic E-state index is 0.0553. The summed E-state index contributed by atoms with van der Waals surface area (Å²) >= 11 is 7.70. The zero-order valence-corrected chi connectivity index (χ0v) is 28.5. The minimum Gasteiger partial charge on any atom is -0.397 e. The number of piperazine rings is 1. The van der Waals surface area contributed by atoms with Crippen LogP contribution in [0.25, 0.3) is 0 Å². The lowest BCUT2D eigenvalue weighted by atomic mass is 10.00. The Morgan fingerprint density at radius 2 is 1.69 bits per heavy atom. The van der Waals surface area contributed by atoms with Crippen LogP contribution in [0.15, 0.2) is 23.6 Å². The number of nitrogen functional groups attached to an aromatic ring is 1. The Morgan fingerprint density at radius 3 is 2.35 bits per heavy atom. The van der Waals surface area contributed by atoms with Crippen molar-refractivity contribution in [2.45, 2.75) is 63.0 Å². The predicted molar refractivity (Wildman–Crippen MR) is 179 cm³/mol. The van der Waals surface area contributed by atoms with Gasteiger partial charge >= 0.3 is 18.2 Å². The van der Waals surface area contributed by atoms with E-state index in [-0.39, 0.29) is 35.0 Å². The largest absolute Gasteiger partial charge is 0.418 e. The fourth-order valence-corrected chi connectivity index (χ4v) is 8.32. The molecule has 0 radical (unpaired) electrons. The van der Waals surface area contributed by atoms with Crippen molar-refractivity contribution in [3.05, 3.63) is 44.6 Å². The first-order valence-electron chi connectivity index (χ1n) is 16.4. The van der Waals surface area contributed by atoms with E-state index in [1.807, 2.05) is 11.4 Å². The minimum atomic E-state index is -4.74. The van der Waals surface area contributed by atoms with Crippen molar-refractivity contribution in [2.75, 3.05) is 70.5 Å². The van der Waals surface area contributed by atoms with E-state index in [0.717, 1.165) is 42.6 Å². The Balaban J connectivity index is 1.13. The number of thiophene rings is 1. The molecule has 4 aliphatic heterocycles. The average molecular weight is 711 g/mol. The quantitative estimate of drug-likeness (QED) is 0.384. The number of halogens is 4. The number of hydrogen-bond donors (Lipinski definition) is 3. The second kappa shape index (κ2) is 14.3. The molecule has 4 N–H and O–H groups in total. The number of nitrogens with one attached hydrogen (secondary N) is 2. The first-order chi connectivity index (χ1) is 22.9. The number of piperidine rings is 2. The van der Waals surface area contributed by atoms with Crippen LogP contribution in [0.1, 0.15) is 41.7 Å². The van der Waals surface area contributed by atoms with Crippen LogP contribution >= 0.6 is 22.9 Å². The van der Waals surface area contributed by atoms with Crippen molar-refractivity contribution in [3.8, 4) is 0 Å². The summed E-state index contributed by atoms with van der Waals surface area (Å²) < 4.78 is 41.3. The molecule has 0 bridgehead atoms. The molecule has 0 spiro atoms. The van der Waals surface area contributed by atoms with E-state index in [0.29, 0.717) is 64.7 Å². The first kappa shape index (κ1) is 34.6. The van der Waals surface area contributed by atoms with Gasteiger partial charge in [-0.1, -0.05) is 11.6 Å². The Morgan fingerprint density at radius 1 is 1.02 bits per heavy atom. The van der Waals surface area contributed by atoms with Crippen LogP contribution in [0, 0.1) is 0 Å². The predicted octanol–water partition coefficient (Wildman–Crippen LogP) is 4.37. The lowest BCUT2D eigenvalue weighted by Crippen LogP contribution is -2.59. The van der Waals surface area contributed by atoms with Gasteiger partial charge in [-0.25, -0.2) is 9.59 Å². The summed E-state index contributed by atoms with van der Waals surface area (Å²) in [5.74, 6) is -0.348. The molecule has 5 heterocycles. The molecule has 5 amide bonds. The number of likely N-dealkylation sites (tertiary alicyclic amines) is 2. The maximum Gasteiger partial charge on any atom is 0.418 e. The highest BCUT2D eigenvalue weighted by atomic mass is 35.5. The second-order valence-electron chi connectivity index (χ2n) is 13.2. The Kier molecular flexibility index (Phi) is 10.3. The first-order valence-corrected chi connectivity index (χ1v) is 17.7. The number of hydrogen-bond acceptors (Lipinski definition) is 7. The molecule has 11 nitrogen and oxygen atoms in total. The van der Waals surface area contributed by atoms with Gasteiger partial charge in [-0.2, -0.15) is 13.2 Å². The van der Waals surface area contributed by atoms with Gasteiger partial charge in [0.05, 0.1) is 28.5 Å². The molecule has 48 heavy (non-hydrogen) atoms. The fraction of sp³-hybridized carbons (Fsp3) is 0.594. The van der Waals surface area contributed by atoms with E-state index in [1.165, 1.54) is 6.07 Å². The molecule has 16 heteroatoms.